The van der Waals surface area contributed by atoms with E-state index in [4.69, 9.17) is 0 Å². The Morgan fingerprint density at radius 2 is 1.97 bits per heavy atom. The summed E-state index contributed by atoms with van der Waals surface area (Å²) in [6, 6.07) is 4.58. The molecule has 1 aromatic carbocycles. The van der Waals surface area contributed by atoms with Gasteiger partial charge < -0.3 is 10.6 Å². The Balaban J connectivity index is 2.02. The predicted octanol–water partition coefficient (Wildman–Crippen LogP) is 2.55. The number of piperidine rings is 1. The third-order valence-corrected chi connectivity index (χ3v) is 6.18. The Kier molecular flexibility index (Phi) is 8.89. The van der Waals surface area contributed by atoms with E-state index in [0.717, 1.165) is 25.6 Å². The molecule has 1 heterocycles. The number of aliphatic imine (C=N–C) groups is 1. The molecular weight excluding hydrogens is 391 g/mol. The summed E-state index contributed by atoms with van der Waals surface area (Å²) in [4.78, 5) is 7.05. The van der Waals surface area contributed by atoms with E-state index in [9.17, 15) is 12.8 Å². The molecule has 0 radical (unpaired) electrons. The second-order valence-electron chi connectivity index (χ2n) is 8.13. The Bertz CT molecular complexity index is 790. The largest absolute Gasteiger partial charge is 0.357 e. The van der Waals surface area contributed by atoms with E-state index in [1.807, 2.05) is 6.92 Å². The van der Waals surface area contributed by atoms with Crippen molar-refractivity contribution in [3.63, 3.8) is 0 Å². The molecule has 0 amide bonds. The molecule has 1 aromatic rings. The lowest BCUT2D eigenvalue weighted by molar-refractivity contribution is 0.147. The molecule has 0 spiro atoms. The van der Waals surface area contributed by atoms with Crippen molar-refractivity contribution in [2.75, 3.05) is 32.4 Å². The van der Waals surface area contributed by atoms with Crippen LogP contribution < -0.4 is 10.6 Å². The Morgan fingerprint density at radius 3 is 2.59 bits per heavy atom. The maximum atomic E-state index is 13.7. The molecule has 1 aliphatic heterocycles. The van der Waals surface area contributed by atoms with Gasteiger partial charge in [0.2, 0.25) is 0 Å². The number of sulfone groups is 1. The van der Waals surface area contributed by atoms with Gasteiger partial charge in [-0.2, -0.15) is 0 Å². The lowest BCUT2D eigenvalue weighted by Gasteiger charge is -2.35. The van der Waals surface area contributed by atoms with Gasteiger partial charge in [-0.05, 0) is 69.0 Å². The van der Waals surface area contributed by atoms with E-state index in [2.05, 4.69) is 34.4 Å². The fraction of sp³-hybridized carbons (Fsp3) is 0.667. The van der Waals surface area contributed by atoms with Crippen LogP contribution in [0.25, 0.3) is 0 Å². The van der Waals surface area contributed by atoms with Gasteiger partial charge in [0.15, 0.2) is 15.8 Å². The molecule has 1 aliphatic rings. The van der Waals surface area contributed by atoms with Crippen LogP contribution in [0.1, 0.15) is 44.7 Å². The predicted molar refractivity (Wildman–Crippen MR) is 117 cm³/mol. The first-order valence-corrected chi connectivity index (χ1v) is 12.4. The van der Waals surface area contributed by atoms with Crippen LogP contribution in [0.5, 0.6) is 0 Å². The minimum Gasteiger partial charge on any atom is -0.357 e. The van der Waals surface area contributed by atoms with Crippen LogP contribution in [0.4, 0.5) is 4.39 Å². The lowest BCUT2D eigenvalue weighted by Crippen LogP contribution is -2.48. The number of rotatable bonds is 8. The number of hydrogen-bond acceptors (Lipinski definition) is 4. The normalized spacial score (nSPS) is 17.9. The van der Waals surface area contributed by atoms with Gasteiger partial charge in [0.1, 0.15) is 5.82 Å². The van der Waals surface area contributed by atoms with E-state index in [1.54, 1.807) is 0 Å². The molecule has 1 atom stereocenters. The van der Waals surface area contributed by atoms with Crippen molar-refractivity contribution in [2.24, 2.45) is 10.9 Å². The van der Waals surface area contributed by atoms with Gasteiger partial charge in [-0.25, -0.2) is 17.8 Å². The molecule has 1 unspecified atom stereocenters. The minimum absolute atomic E-state index is 0.119. The third kappa shape index (κ3) is 8.30. The molecule has 1 fully saturated rings. The fourth-order valence-corrected chi connectivity index (χ4v) is 4.36. The molecule has 0 saturated carbocycles. The molecule has 8 heteroatoms. The number of benzene rings is 1. The van der Waals surface area contributed by atoms with E-state index >= 15 is 0 Å². The lowest BCUT2D eigenvalue weighted by atomic mass is 9.98. The minimum atomic E-state index is -3.21. The Hall–Kier alpha value is -1.67. The average molecular weight is 427 g/mol. The molecular formula is C21H35FN4O2S. The van der Waals surface area contributed by atoms with Crippen LogP contribution in [0.2, 0.25) is 0 Å². The van der Waals surface area contributed by atoms with Crippen molar-refractivity contribution in [3.05, 3.63) is 35.1 Å². The molecule has 0 aliphatic carbocycles. The first kappa shape index (κ1) is 23.6. The van der Waals surface area contributed by atoms with E-state index in [1.165, 1.54) is 37.3 Å². The molecule has 2 rings (SSSR count). The molecule has 0 bridgehead atoms. The smallest absolute Gasteiger partial charge is 0.191 e. The third-order valence-electron chi connectivity index (χ3n) is 5.34. The topological polar surface area (TPSA) is 73.8 Å². The van der Waals surface area contributed by atoms with E-state index < -0.39 is 15.7 Å². The second-order valence-corrected chi connectivity index (χ2v) is 10.3. The molecule has 0 aromatic heterocycles. The van der Waals surface area contributed by atoms with Gasteiger partial charge in [0.25, 0.3) is 0 Å². The van der Waals surface area contributed by atoms with Crippen LogP contribution in [0.15, 0.2) is 23.2 Å². The quantitative estimate of drug-likeness (QED) is 0.494. The summed E-state index contributed by atoms with van der Waals surface area (Å²) in [7, 11) is -3.21. The van der Waals surface area contributed by atoms with Crippen molar-refractivity contribution in [1.29, 1.82) is 0 Å². The number of guanidine groups is 1. The summed E-state index contributed by atoms with van der Waals surface area (Å²) in [5, 5.41) is 6.58. The zero-order valence-corrected chi connectivity index (χ0v) is 18.9. The van der Waals surface area contributed by atoms with E-state index in [0.29, 0.717) is 29.7 Å². The first-order valence-electron chi connectivity index (χ1n) is 10.4. The average Bonchev–Trinajstić information content (AvgIpc) is 2.65. The highest BCUT2D eigenvalue weighted by Crippen LogP contribution is 2.18. The summed E-state index contributed by atoms with van der Waals surface area (Å²) >= 11 is 0. The van der Waals surface area contributed by atoms with Crippen LogP contribution in [-0.2, 0) is 22.1 Å². The van der Waals surface area contributed by atoms with Crippen LogP contribution in [0.3, 0.4) is 0 Å². The van der Waals surface area contributed by atoms with Crippen LogP contribution in [-0.4, -0.2) is 57.8 Å². The summed E-state index contributed by atoms with van der Waals surface area (Å²) in [6.45, 7) is 10.4. The monoisotopic (exact) mass is 426 g/mol. The Morgan fingerprint density at radius 1 is 1.28 bits per heavy atom. The van der Waals surface area contributed by atoms with Crippen molar-refractivity contribution >= 4 is 15.8 Å². The van der Waals surface area contributed by atoms with Gasteiger partial charge in [0, 0.05) is 25.4 Å². The molecule has 164 valence electrons. The zero-order valence-electron chi connectivity index (χ0n) is 18.0. The fourth-order valence-electron chi connectivity index (χ4n) is 3.51. The molecule has 29 heavy (non-hydrogen) atoms. The maximum absolute atomic E-state index is 13.7. The van der Waals surface area contributed by atoms with Gasteiger partial charge >= 0.3 is 0 Å². The van der Waals surface area contributed by atoms with Crippen molar-refractivity contribution in [1.82, 2.24) is 15.5 Å². The van der Waals surface area contributed by atoms with Crippen molar-refractivity contribution < 1.29 is 12.8 Å². The summed E-state index contributed by atoms with van der Waals surface area (Å²) in [5.41, 5.74) is 1.18. The number of nitrogens with zero attached hydrogens (tertiary/aromatic N) is 2. The van der Waals surface area contributed by atoms with Gasteiger partial charge in [-0.3, -0.25) is 4.90 Å². The molecule has 6 nitrogen and oxygen atoms in total. The highest BCUT2D eigenvalue weighted by Gasteiger charge is 2.20. The summed E-state index contributed by atoms with van der Waals surface area (Å²) in [6.07, 6.45) is 3.65. The highest BCUT2D eigenvalue weighted by molar-refractivity contribution is 7.89. The molecule has 2 N–H and O–H groups in total. The Labute approximate surface area is 174 Å². The molecule has 1 saturated heterocycles. The summed E-state index contributed by atoms with van der Waals surface area (Å²) in [5.74, 6) is 0.947. The van der Waals surface area contributed by atoms with Crippen molar-refractivity contribution in [3.8, 4) is 0 Å². The van der Waals surface area contributed by atoms with Crippen molar-refractivity contribution in [2.45, 2.75) is 52.0 Å². The van der Waals surface area contributed by atoms with Crippen LogP contribution in [0, 0.1) is 11.7 Å². The zero-order chi connectivity index (χ0) is 21.4. The SMILES string of the molecule is CCNC(=NCc1cc(F)ccc1CS(C)(=O)=O)NCC(C)N1CCC(C)CC1. The van der Waals surface area contributed by atoms with Gasteiger partial charge in [-0.1, -0.05) is 13.0 Å². The second kappa shape index (κ2) is 10.9. The number of halogens is 1. The van der Waals surface area contributed by atoms with Gasteiger partial charge in [-0.15, -0.1) is 0 Å². The van der Waals surface area contributed by atoms with Gasteiger partial charge in [0.05, 0.1) is 12.3 Å². The number of likely N-dealkylation sites (tertiary alicyclic amines) is 1. The highest BCUT2D eigenvalue weighted by atomic mass is 32.2. The number of hydrogen-bond donors (Lipinski definition) is 2. The first-order chi connectivity index (χ1) is 13.7. The maximum Gasteiger partial charge on any atom is 0.191 e. The summed E-state index contributed by atoms with van der Waals surface area (Å²) < 4.78 is 37.0. The van der Waals surface area contributed by atoms with E-state index in [-0.39, 0.29) is 12.3 Å². The number of nitrogens with one attached hydrogen (secondary N) is 2. The standard InChI is InChI=1S/C21H35FN4O2S/c1-5-23-21(24-13-17(3)26-10-8-16(2)9-11-26)25-14-19-12-20(22)7-6-18(19)15-29(4,27)28/h6-7,12,16-17H,5,8-11,13-15H2,1-4H3,(H2,23,24,25). The van der Waals surface area contributed by atoms with Crippen LogP contribution >= 0.6 is 0 Å².